The van der Waals surface area contributed by atoms with Crippen molar-refractivity contribution >= 4 is 44.3 Å². The van der Waals surface area contributed by atoms with Crippen molar-refractivity contribution < 1.29 is 9.59 Å². The molecule has 1 aliphatic rings. The van der Waals surface area contributed by atoms with Crippen molar-refractivity contribution in [3.8, 4) is 0 Å². The number of hydrogen-bond acceptors (Lipinski definition) is 6. The molecule has 0 radical (unpaired) electrons. The number of nitrogens with one attached hydrogen (secondary N) is 2. The first-order valence-electron chi connectivity index (χ1n) is 9.70. The zero-order valence-electron chi connectivity index (χ0n) is 16.2. The Bertz CT molecular complexity index is 984. The SMILES string of the molecule is Cc1ccc(NCCCNC(=O)C2CC(=O)N(c3nc4ccccc4s3)C2)nc1. The van der Waals surface area contributed by atoms with Gasteiger partial charge < -0.3 is 10.6 Å². The number of pyridine rings is 1. The Morgan fingerprint density at radius 2 is 2.10 bits per heavy atom. The largest absolute Gasteiger partial charge is 0.370 e. The van der Waals surface area contributed by atoms with Gasteiger partial charge in [-0.25, -0.2) is 9.97 Å². The van der Waals surface area contributed by atoms with Crippen molar-refractivity contribution in [2.45, 2.75) is 19.8 Å². The monoisotopic (exact) mass is 409 g/mol. The number of rotatable bonds is 7. The highest BCUT2D eigenvalue weighted by atomic mass is 32.1. The average molecular weight is 410 g/mol. The van der Waals surface area contributed by atoms with Gasteiger partial charge in [0.1, 0.15) is 5.82 Å². The number of carbonyl (C=O) groups is 2. The minimum atomic E-state index is -0.332. The van der Waals surface area contributed by atoms with Gasteiger partial charge in [-0.2, -0.15) is 0 Å². The number of amides is 2. The molecule has 2 aromatic heterocycles. The summed E-state index contributed by atoms with van der Waals surface area (Å²) >= 11 is 1.48. The van der Waals surface area contributed by atoms with E-state index in [0.29, 0.717) is 18.2 Å². The van der Waals surface area contributed by atoms with E-state index in [0.717, 1.165) is 34.6 Å². The summed E-state index contributed by atoms with van der Waals surface area (Å²) in [6.07, 6.45) is 2.83. The van der Waals surface area contributed by atoms with Crippen LogP contribution < -0.4 is 15.5 Å². The summed E-state index contributed by atoms with van der Waals surface area (Å²) in [5.41, 5.74) is 2.00. The molecular formula is C21H23N5O2S. The van der Waals surface area contributed by atoms with Crippen LogP contribution in [-0.2, 0) is 9.59 Å². The van der Waals surface area contributed by atoms with Crippen LogP contribution in [0.2, 0.25) is 0 Å². The summed E-state index contributed by atoms with van der Waals surface area (Å²) in [6.45, 7) is 3.66. The Morgan fingerprint density at radius 3 is 2.90 bits per heavy atom. The fraction of sp³-hybridized carbons (Fsp3) is 0.333. The molecule has 1 aliphatic heterocycles. The molecule has 2 N–H and O–H groups in total. The number of fused-ring (bicyclic) bond motifs is 1. The fourth-order valence-electron chi connectivity index (χ4n) is 3.28. The molecule has 150 valence electrons. The van der Waals surface area contributed by atoms with Crippen LogP contribution in [0.3, 0.4) is 0 Å². The van der Waals surface area contributed by atoms with Crippen molar-refractivity contribution in [3.63, 3.8) is 0 Å². The Balaban J connectivity index is 1.24. The molecule has 1 fully saturated rings. The van der Waals surface area contributed by atoms with Gasteiger partial charge >= 0.3 is 0 Å². The van der Waals surface area contributed by atoms with E-state index in [-0.39, 0.29) is 24.2 Å². The van der Waals surface area contributed by atoms with Gasteiger partial charge in [0.2, 0.25) is 11.8 Å². The van der Waals surface area contributed by atoms with E-state index in [4.69, 9.17) is 0 Å². The maximum absolute atomic E-state index is 12.5. The molecule has 1 saturated heterocycles. The van der Waals surface area contributed by atoms with Crippen LogP contribution in [0.4, 0.5) is 10.9 Å². The molecule has 29 heavy (non-hydrogen) atoms. The van der Waals surface area contributed by atoms with Crippen LogP contribution in [0.25, 0.3) is 10.2 Å². The van der Waals surface area contributed by atoms with Crippen LogP contribution in [-0.4, -0.2) is 41.4 Å². The number of para-hydroxylation sites is 1. The molecule has 7 nitrogen and oxygen atoms in total. The average Bonchev–Trinajstić information content (AvgIpc) is 3.32. The van der Waals surface area contributed by atoms with E-state index in [1.807, 2.05) is 49.5 Å². The number of carbonyl (C=O) groups excluding carboxylic acids is 2. The lowest BCUT2D eigenvalue weighted by atomic mass is 10.1. The maximum Gasteiger partial charge on any atom is 0.229 e. The first-order chi connectivity index (χ1) is 14.1. The maximum atomic E-state index is 12.5. The number of thiazole rings is 1. The van der Waals surface area contributed by atoms with Crippen molar-refractivity contribution in [3.05, 3.63) is 48.2 Å². The van der Waals surface area contributed by atoms with Crippen LogP contribution in [0.5, 0.6) is 0 Å². The minimum absolute atomic E-state index is 0.0451. The first kappa shape index (κ1) is 19.3. The van der Waals surface area contributed by atoms with Crippen molar-refractivity contribution in [2.75, 3.05) is 29.9 Å². The lowest BCUT2D eigenvalue weighted by molar-refractivity contribution is -0.126. The van der Waals surface area contributed by atoms with E-state index in [9.17, 15) is 9.59 Å². The molecule has 4 rings (SSSR count). The highest BCUT2D eigenvalue weighted by Gasteiger charge is 2.36. The van der Waals surface area contributed by atoms with E-state index in [1.165, 1.54) is 11.3 Å². The lowest BCUT2D eigenvalue weighted by Crippen LogP contribution is -2.34. The van der Waals surface area contributed by atoms with Crippen LogP contribution >= 0.6 is 11.3 Å². The van der Waals surface area contributed by atoms with Crippen LogP contribution in [0.15, 0.2) is 42.6 Å². The Kier molecular flexibility index (Phi) is 5.71. The fourth-order valence-corrected chi connectivity index (χ4v) is 4.27. The first-order valence-corrected chi connectivity index (χ1v) is 10.5. The normalized spacial score (nSPS) is 16.4. The van der Waals surface area contributed by atoms with Crippen LogP contribution in [0.1, 0.15) is 18.4 Å². The van der Waals surface area contributed by atoms with E-state index >= 15 is 0 Å². The summed E-state index contributed by atoms with van der Waals surface area (Å²) < 4.78 is 1.04. The summed E-state index contributed by atoms with van der Waals surface area (Å²) in [5.74, 6) is 0.378. The minimum Gasteiger partial charge on any atom is -0.370 e. The van der Waals surface area contributed by atoms with Gasteiger partial charge in [0.15, 0.2) is 5.13 Å². The highest BCUT2D eigenvalue weighted by Crippen LogP contribution is 2.32. The molecule has 3 heterocycles. The molecule has 1 aromatic carbocycles. The van der Waals surface area contributed by atoms with Crippen molar-refractivity contribution in [2.24, 2.45) is 5.92 Å². The number of hydrogen-bond donors (Lipinski definition) is 2. The number of aryl methyl sites for hydroxylation is 1. The third-order valence-corrected chi connectivity index (χ3v) is 5.94. The molecule has 1 unspecified atom stereocenters. The highest BCUT2D eigenvalue weighted by molar-refractivity contribution is 7.22. The van der Waals surface area contributed by atoms with Gasteiger partial charge in [-0.05, 0) is 37.1 Å². The lowest BCUT2D eigenvalue weighted by Gasteiger charge is -2.13. The zero-order valence-corrected chi connectivity index (χ0v) is 17.0. The number of aromatic nitrogens is 2. The zero-order chi connectivity index (χ0) is 20.2. The van der Waals surface area contributed by atoms with E-state index in [2.05, 4.69) is 20.6 Å². The van der Waals surface area contributed by atoms with E-state index < -0.39 is 0 Å². The smallest absolute Gasteiger partial charge is 0.229 e. The van der Waals surface area contributed by atoms with E-state index in [1.54, 1.807) is 4.90 Å². The van der Waals surface area contributed by atoms with Gasteiger partial charge in [-0.15, -0.1) is 0 Å². The van der Waals surface area contributed by atoms with Gasteiger partial charge in [0.25, 0.3) is 0 Å². The Morgan fingerprint density at radius 1 is 1.24 bits per heavy atom. The summed E-state index contributed by atoms with van der Waals surface area (Å²) in [6, 6.07) is 11.7. The number of anilines is 2. The molecule has 0 bridgehead atoms. The third-order valence-electron chi connectivity index (χ3n) is 4.88. The molecule has 2 amide bonds. The predicted octanol–water partition coefficient (Wildman–Crippen LogP) is 2.97. The second-order valence-electron chi connectivity index (χ2n) is 7.16. The molecule has 0 spiro atoms. The second-order valence-corrected chi connectivity index (χ2v) is 8.17. The number of nitrogens with zero attached hydrogens (tertiary/aromatic N) is 3. The Hall–Kier alpha value is -3.00. The predicted molar refractivity (Wildman–Crippen MR) is 115 cm³/mol. The summed E-state index contributed by atoms with van der Waals surface area (Å²) in [7, 11) is 0. The topological polar surface area (TPSA) is 87.2 Å². The standard InChI is InChI=1S/C21H23N5O2S/c1-14-7-8-18(24-12-14)22-9-4-10-23-20(28)15-11-19(27)26(13-15)21-25-16-5-2-3-6-17(16)29-21/h2-3,5-8,12,15H,4,9-11,13H2,1H3,(H,22,24)(H,23,28). The van der Waals surface area contributed by atoms with Gasteiger partial charge in [0.05, 0.1) is 16.1 Å². The molecule has 3 aromatic rings. The Labute approximate surface area is 173 Å². The molecule has 0 aliphatic carbocycles. The molecule has 1 atom stereocenters. The molecule has 8 heteroatoms. The number of benzene rings is 1. The van der Waals surface area contributed by atoms with Gasteiger partial charge in [-0.1, -0.05) is 29.5 Å². The van der Waals surface area contributed by atoms with Crippen molar-refractivity contribution in [1.29, 1.82) is 0 Å². The molecular weight excluding hydrogens is 386 g/mol. The quantitative estimate of drug-likeness (QED) is 0.586. The summed E-state index contributed by atoms with van der Waals surface area (Å²) in [4.78, 5) is 35.4. The van der Waals surface area contributed by atoms with Gasteiger partial charge in [0, 0.05) is 32.3 Å². The molecule has 0 saturated carbocycles. The van der Waals surface area contributed by atoms with Gasteiger partial charge in [-0.3, -0.25) is 14.5 Å². The third kappa shape index (κ3) is 4.54. The summed E-state index contributed by atoms with van der Waals surface area (Å²) in [5, 5.41) is 6.84. The van der Waals surface area contributed by atoms with Crippen LogP contribution in [0, 0.1) is 12.8 Å². The second kappa shape index (κ2) is 8.57. The van der Waals surface area contributed by atoms with Crippen molar-refractivity contribution in [1.82, 2.24) is 15.3 Å².